The Morgan fingerprint density at radius 3 is 2.90 bits per heavy atom. The fourth-order valence-corrected chi connectivity index (χ4v) is 1.60. The van der Waals surface area contributed by atoms with E-state index in [-0.39, 0.29) is 0 Å². The summed E-state index contributed by atoms with van der Waals surface area (Å²) in [6, 6.07) is 0. The molecule has 10 heavy (non-hydrogen) atoms. The molecular weight excluding hydrogens is 124 g/mol. The van der Waals surface area contributed by atoms with Gasteiger partial charge in [0.15, 0.2) is 0 Å². The van der Waals surface area contributed by atoms with Gasteiger partial charge in [0, 0.05) is 6.61 Å². The molecule has 1 rings (SSSR count). The Kier molecular flexibility index (Phi) is 2.50. The molecule has 2 atom stereocenters. The molecule has 0 aromatic carbocycles. The number of rotatable bonds is 1. The summed E-state index contributed by atoms with van der Waals surface area (Å²) in [6.45, 7) is 4.74. The standard InChI is InChI=1S/C9H16O/c1-7-3-4-9(6-10)8(2)5-7/h3,8-10H,4-6H2,1-2H3/t8-,9?/m1/s1. The van der Waals surface area contributed by atoms with Gasteiger partial charge in [-0.1, -0.05) is 18.6 Å². The average Bonchev–Trinajstić information content (AvgIpc) is 1.88. The first-order valence-electron chi connectivity index (χ1n) is 4.00. The smallest absolute Gasteiger partial charge is 0.0464 e. The average molecular weight is 140 g/mol. The third-order valence-corrected chi connectivity index (χ3v) is 2.45. The lowest BCUT2D eigenvalue weighted by Crippen LogP contribution is -2.18. The van der Waals surface area contributed by atoms with Crippen molar-refractivity contribution >= 4 is 0 Å². The van der Waals surface area contributed by atoms with Crippen molar-refractivity contribution in [3.05, 3.63) is 11.6 Å². The molecule has 0 saturated heterocycles. The molecule has 0 aliphatic heterocycles. The predicted molar refractivity (Wildman–Crippen MR) is 42.7 cm³/mol. The Balaban J connectivity index is 2.52. The van der Waals surface area contributed by atoms with Crippen LogP contribution in [0.4, 0.5) is 0 Å². The minimum atomic E-state index is 0.352. The number of aliphatic hydroxyl groups excluding tert-OH is 1. The largest absolute Gasteiger partial charge is 0.396 e. The normalized spacial score (nSPS) is 33.7. The lowest BCUT2D eigenvalue weighted by molar-refractivity contribution is 0.177. The summed E-state index contributed by atoms with van der Waals surface area (Å²) < 4.78 is 0. The van der Waals surface area contributed by atoms with E-state index in [4.69, 9.17) is 5.11 Å². The minimum Gasteiger partial charge on any atom is -0.396 e. The van der Waals surface area contributed by atoms with Gasteiger partial charge in [-0.25, -0.2) is 0 Å². The van der Waals surface area contributed by atoms with Gasteiger partial charge in [0.05, 0.1) is 0 Å². The second kappa shape index (κ2) is 3.20. The summed E-state index contributed by atoms with van der Waals surface area (Å²) in [5.74, 6) is 1.19. The van der Waals surface area contributed by atoms with Crippen molar-refractivity contribution < 1.29 is 5.11 Å². The molecule has 0 amide bonds. The molecule has 1 N–H and O–H groups in total. The van der Waals surface area contributed by atoms with E-state index in [1.807, 2.05) is 0 Å². The highest BCUT2D eigenvalue weighted by Crippen LogP contribution is 2.28. The molecule has 0 spiro atoms. The Morgan fingerprint density at radius 1 is 1.70 bits per heavy atom. The van der Waals surface area contributed by atoms with Gasteiger partial charge in [-0.2, -0.15) is 0 Å². The molecule has 0 bridgehead atoms. The van der Waals surface area contributed by atoms with Crippen LogP contribution in [0.3, 0.4) is 0 Å². The lowest BCUT2D eigenvalue weighted by atomic mass is 9.82. The third-order valence-electron chi connectivity index (χ3n) is 2.45. The Morgan fingerprint density at radius 2 is 2.40 bits per heavy atom. The molecule has 1 heteroatoms. The highest BCUT2D eigenvalue weighted by molar-refractivity contribution is 5.04. The van der Waals surface area contributed by atoms with Crippen LogP contribution in [0.2, 0.25) is 0 Å². The zero-order chi connectivity index (χ0) is 7.56. The summed E-state index contributed by atoms with van der Waals surface area (Å²) in [4.78, 5) is 0. The fraction of sp³-hybridized carbons (Fsp3) is 0.778. The van der Waals surface area contributed by atoms with Gasteiger partial charge in [-0.05, 0) is 31.6 Å². The molecule has 0 saturated carbocycles. The molecule has 0 aromatic rings. The van der Waals surface area contributed by atoms with Crippen LogP contribution >= 0.6 is 0 Å². The van der Waals surface area contributed by atoms with E-state index in [2.05, 4.69) is 19.9 Å². The van der Waals surface area contributed by atoms with Crippen LogP contribution in [0.25, 0.3) is 0 Å². The van der Waals surface area contributed by atoms with Crippen LogP contribution in [-0.2, 0) is 0 Å². The van der Waals surface area contributed by atoms with Crippen LogP contribution in [0.1, 0.15) is 26.7 Å². The number of allylic oxidation sites excluding steroid dienone is 2. The third kappa shape index (κ3) is 1.60. The van der Waals surface area contributed by atoms with Crippen molar-refractivity contribution in [3.63, 3.8) is 0 Å². The van der Waals surface area contributed by atoms with Crippen molar-refractivity contribution in [3.8, 4) is 0 Å². The fourth-order valence-electron chi connectivity index (χ4n) is 1.60. The van der Waals surface area contributed by atoms with E-state index in [1.165, 1.54) is 12.0 Å². The summed E-state index contributed by atoms with van der Waals surface area (Å²) in [7, 11) is 0. The van der Waals surface area contributed by atoms with E-state index >= 15 is 0 Å². The first-order chi connectivity index (χ1) is 4.74. The Hall–Kier alpha value is -0.300. The maximum Gasteiger partial charge on any atom is 0.0464 e. The number of hydrogen-bond donors (Lipinski definition) is 1. The first-order valence-corrected chi connectivity index (χ1v) is 4.00. The van der Waals surface area contributed by atoms with Crippen LogP contribution in [0.5, 0.6) is 0 Å². The van der Waals surface area contributed by atoms with E-state index in [1.54, 1.807) is 0 Å². The molecule has 1 unspecified atom stereocenters. The summed E-state index contributed by atoms with van der Waals surface area (Å²) in [6.07, 6.45) is 4.50. The van der Waals surface area contributed by atoms with Crippen LogP contribution in [-0.4, -0.2) is 11.7 Å². The van der Waals surface area contributed by atoms with Crippen molar-refractivity contribution in [1.82, 2.24) is 0 Å². The van der Waals surface area contributed by atoms with Gasteiger partial charge >= 0.3 is 0 Å². The predicted octanol–water partition coefficient (Wildman–Crippen LogP) is 1.97. The van der Waals surface area contributed by atoms with E-state index in [0.29, 0.717) is 18.4 Å². The molecule has 58 valence electrons. The molecule has 0 fully saturated rings. The quantitative estimate of drug-likeness (QED) is 0.552. The number of hydrogen-bond acceptors (Lipinski definition) is 1. The van der Waals surface area contributed by atoms with Crippen molar-refractivity contribution in [2.75, 3.05) is 6.61 Å². The minimum absolute atomic E-state index is 0.352. The molecule has 0 heterocycles. The molecule has 0 aromatic heterocycles. The topological polar surface area (TPSA) is 20.2 Å². The van der Waals surface area contributed by atoms with Crippen molar-refractivity contribution in [1.29, 1.82) is 0 Å². The highest BCUT2D eigenvalue weighted by atomic mass is 16.3. The van der Waals surface area contributed by atoms with Gasteiger partial charge in [0.25, 0.3) is 0 Å². The zero-order valence-electron chi connectivity index (χ0n) is 6.80. The highest BCUT2D eigenvalue weighted by Gasteiger charge is 2.19. The van der Waals surface area contributed by atoms with Gasteiger partial charge in [0.2, 0.25) is 0 Å². The Labute approximate surface area is 62.8 Å². The molecule has 1 aliphatic carbocycles. The van der Waals surface area contributed by atoms with E-state index < -0.39 is 0 Å². The summed E-state index contributed by atoms with van der Waals surface area (Å²) in [5, 5.41) is 8.92. The monoisotopic (exact) mass is 140 g/mol. The molecule has 1 nitrogen and oxygen atoms in total. The Bertz CT molecular complexity index is 138. The summed E-state index contributed by atoms with van der Waals surface area (Å²) in [5.41, 5.74) is 1.48. The number of aliphatic hydroxyl groups is 1. The maximum atomic E-state index is 8.92. The molecule has 1 aliphatic rings. The van der Waals surface area contributed by atoms with E-state index in [0.717, 1.165) is 6.42 Å². The second-order valence-corrected chi connectivity index (χ2v) is 3.41. The maximum absolute atomic E-state index is 8.92. The van der Waals surface area contributed by atoms with Crippen LogP contribution in [0, 0.1) is 11.8 Å². The van der Waals surface area contributed by atoms with Crippen LogP contribution < -0.4 is 0 Å². The van der Waals surface area contributed by atoms with Gasteiger partial charge in [0.1, 0.15) is 0 Å². The molecular formula is C9H16O. The molecule has 0 radical (unpaired) electrons. The second-order valence-electron chi connectivity index (χ2n) is 3.41. The zero-order valence-corrected chi connectivity index (χ0v) is 6.80. The van der Waals surface area contributed by atoms with E-state index in [9.17, 15) is 0 Å². The lowest BCUT2D eigenvalue weighted by Gasteiger charge is -2.25. The van der Waals surface area contributed by atoms with Gasteiger partial charge < -0.3 is 5.11 Å². The SMILES string of the molecule is CC1=CCC(CO)[C@H](C)C1. The van der Waals surface area contributed by atoms with Crippen molar-refractivity contribution in [2.24, 2.45) is 11.8 Å². The van der Waals surface area contributed by atoms with Crippen LogP contribution in [0.15, 0.2) is 11.6 Å². The van der Waals surface area contributed by atoms with Gasteiger partial charge in [-0.3, -0.25) is 0 Å². The van der Waals surface area contributed by atoms with Crippen molar-refractivity contribution in [2.45, 2.75) is 26.7 Å². The van der Waals surface area contributed by atoms with Gasteiger partial charge in [-0.15, -0.1) is 0 Å². The first kappa shape index (κ1) is 7.80. The summed E-state index contributed by atoms with van der Waals surface area (Å²) >= 11 is 0.